The molecule has 0 heterocycles. The van der Waals surface area contributed by atoms with Crippen LogP contribution in [0.3, 0.4) is 0 Å². The number of anilines is 1. The van der Waals surface area contributed by atoms with Gasteiger partial charge in [-0.1, -0.05) is 69.6 Å². The van der Waals surface area contributed by atoms with Crippen molar-refractivity contribution in [3.05, 3.63) is 29.8 Å². The lowest BCUT2D eigenvalue weighted by atomic mass is 9.93. The molecule has 6 nitrogen and oxygen atoms in total. The second kappa shape index (κ2) is 15.7. The van der Waals surface area contributed by atoms with E-state index < -0.39 is 0 Å². The topological polar surface area (TPSA) is 76.7 Å². The largest absolute Gasteiger partial charge is 0.450 e. The first-order valence-corrected chi connectivity index (χ1v) is 10.9. The van der Waals surface area contributed by atoms with Gasteiger partial charge in [-0.15, -0.1) is 0 Å². The highest BCUT2D eigenvalue weighted by Gasteiger charge is 2.07. The molecule has 0 aliphatic carbocycles. The average Bonchev–Trinajstić information content (AvgIpc) is 2.72. The van der Waals surface area contributed by atoms with Crippen LogP contribution >= 0.6 is 0 Å². The Hall–Kier alpha value is -2.24. The monoisotopic (exact) mass is 406 g/mol. The van der Waals surface area contributed by atoms with Crippen LogP contribution in [0, 0.1) is 12.8 Å². The third-order valence-corrected chi connectivity index (χ3v) is 5.06. The summed E-state index contributed by atoms with van der Waals surface area (Å²) in [5, 5.41) is 5.19. The number of carbonyl (C=O) groups excluding carboxylic acids is 2. The molecule has 0 aromatic heterocycles. The first-order valence-electron chi connectivity index (χ1n) is 10.9. The van der Waals surface area contributed by atoms with Crippen molar-refractivity contribution in [3.8, 4) is 0 Å². The number of aryl methyl sites for hydroxylation is 1. The van der Waals surface area contributed by atoms with Crippen molar-refractivity contribution in [1.29, 1.82) is 0 Å². The molecule has 1 rings (SSSR count). The summed E-state index contributed by atoms with van der Waals surface area (Å²) >= 11 is 0. The van der Waals surface area contributed by atoms with Crippen LogP contribution in [0.15, 0.2) is 24.3 Å². The van der Waals surface area contributed by atoms with Crippen LogP contribution in [0.2, 0.25) is 0 Å². The van der Waals surface area contributed by atoms with Crippen molar-refractivity contribution in [3.63, 3.8) is 0 Å². The molecule has 0 saturated heterocycles. The number of nitrogens with one attached hydrogen (secondary N) is 2. The quantitative estimate of drug-likeness (QED) is 0.369. The summed E-state index contributed by atoms with van der Waals surface area (Å²) in [4.78, 5) is 22.7. The van der Waals surface area contributed by atoms with Crippen molar-refractivity contribution in [2.45, 2.75) is 71.6 Å². The van der Waals surface area contributed by atoms with Gasteiger partial charge in [0.05, 0.1) is 13.2 Å². The predicted molar refractivity (Wildman–Crippen MR) is 117 cm³/mol. The molecule has 0 radical (unpaired) electrons. The predicted octanol–water partition coefficient (Wildman–Crippen LogP) is 6.05. The van der Waals surface area contributed by atoms with Crippen LogP contribution < -0.4 is 10.6 Å². The molecule has 29 heavy (non-hydrogen) atoms. The maximum Gasteiger partial charge on any atom is 0.411 e. The van der Waals surface area contributed by atoms with E-state index in [0.717, 1.165) is 42.9 Å². The first kappa shape index (κ1) is 24.8. The summed E-state index contributed by atoms with van der Waals surface area (Å²) in [7, 11) is 1.57. The van der Waals surface area contributed by atoms with E-state index in [4.69, 9.17) is 9.47 Å². The lowest BCUT2D eigenvalue weighted by Gasteiger charge is -2.14. The lowest BCUT2D eigenvalue weighted by molar-refractivity contribution is 0.146. The molecule has 0 aliphatic rings. The Balaban J connectivity index is 1.99. The molecule has 1 aromatic carbocycles. The van der Waals surface area contributed by atoms with E-state index in [2.05, 4.69) is 17.6 Å². The highest BCUT2D eigenvalue weighted by Crippen LogP contribution is 2.20. The molecule has 2 amide bonds. The molecular weight excluding hydrogens is 368 g/mol. The van der Waals surface area contributed by atoms with Gasteiger partial charge in [0.15, 0.2) is 0 Å². The minimum Gasteiger partial charge on any atom is -0.450 e. The Bertz CT molecular complexity index is 575. The van der Waals surface area contributed by atoms with E-state index in [1.165, 1.54) is 32.1 Å². The number of rotatable bonds is 14. The fourth-order valence-corrected chi connectivity index (χ4v) is 3.17. The fraction of sp³-hybridized carbons (Fsp3) is 0.652. The maximum absolute atomic E-state index is 11.8. The highest BCUT2D eigenvalue weighted by atomic mass is 16.6. The minimum atomic E-state index is -0.388. The summed E-state index contributed by atoms with van der Waals surface area (Å²) < 4.78 is 10.2. The van der Waals surface area contributed by atoms with E-state index in [1.807, 2.05) is 31.2 Å². The highest BCUT2D eigenvalue weighted by molar-refractivity contribution is 5.84. The van der Waals surface area contributed by atoms with E-state index in [1.54, 1.807) is 7.05 Å². The fourth-order valence-electron chi connectivity index (χ4n) is 3.17. The average molecular weight is 407 g/mol. The zero-order chi connectivity index (χ0) is 21.3. The minimum absolute atomic E-state index is 0.354. The van der Waals surface area contributed by atoms with Gasteiger partial charge < -0.3 is 14.8 Å². The van der Waals surface area contributed by atoms with Gasteiger partial charge in [0.1, 0.15) is 0 Å². The molecule has 1 atom stereocenters. The van der Waals surface area contributed by atoms with Gasteiger partial charge in [0, 0.05) is 12.7 Å². The maximum atomic E-state index is 11.8. The third kappa shape index (κ3) is 12.8. The number of amides is 2. The van der Waals surface area contributed by atoms with Gasteiger partial charge in [-0.05, 0) is 37.8 Å². The summed E-state index contributed by atoms with van der Waals surface area (Å²) in [6, 6.07) is 7.66. The zero-order valence-corrected chi connectivity index (χ0v) is 18.3. The van der Waals surface area contributed by atoms with Crippen LogP contribution in [-0.4, -0.2) is 32.4 Å². The van der Waals surface area contributed by atoms with Crippen LogP contribution in [-0.2, 0) is 9.47 Å². The molecule has 0 saturated carbocycles. The zero-order valence-electron chi connectivity index (χ0n) is 18.3. The number of carbonyl (C=O) groups is 2. The number of alkyl carbamates (subject to hydrolysis) is 1. The smallest absolute Gasteiger partial charge is 0.411 e. The van der Waals surface area contributed by atoms with Crippen molar-refractivity contribution in [1.82, 2.24) is 5.32 Å². The van der Waals surface area contributed by atoms with Gasteiger partial charge in [0.25, 0.3) is 0 Å². The first-order chi connectivity index (χ1) is 14.0. The SMILES string of the molecule is CCC(CCCCCOC(=O)NC)CCCCCOC(=O)Nc1ccc(C)cc1. The van der Waals surface area contributed by atoms with Crippen molar-refractivity contribution in [2.24, 2.45) is 5.92 Å². The second-order valence-electron chi connectivity index (χ2n) is 7.49. The Labute approximate surface area is 175 Å². The molecule has 2 N–H and O–H groups in total. The van der Waals surface area contributed by atoms with Gasteiger partial charge in [-0.3, -0.25) is 5.32 Å². The van der Waals surface area contributed by atoms with Crippen LogP contribution in [0.1, 0.15) is 70.3 Å². The summed E-state index contributed by atoms with van der Waals surface area (Å²) in [6.07, 6.45) is 9.25. The van der Waals surface area contributed by atoms with E-state index in [9.17, 15) is 9.59 Å². The number of benzene rings is 1. The molecule has 1 aromatic rings. The van der Waals surface area contributed by atoms with Gasteiger partial charge >= 0.3 is 12.2 Å². The molecule has 6 heteroatoms. The van der Waals surface area contributed by atoms with Crippen LogP contribution in [0.5, 0.6) is 0 Å². The lowest BCUT2D eigenvalue weighted by Crippen LogP contribution is -2.19. The Morgan fingerprint density at radius 2 is 1.41 bits per heavy atom. The number of hydrogen-bond donors (Lipinski definition) is 2. The van der Waals surface area contributed by atoms with Gasteiger partial charge in [-0.25, -0.2) is 9.59 Å². The Morgan fingerprint density at radius 3 is 1.93 bits per heavy atom. The molecular formula is C23H38N2O4. The Morgan fingerprint density at radius 1 is 0.862 bits per heavy atom. The number of hydrogen-bond acceptors (Lipinski definition) is 4. The van der Waals surface area contributed by atoms with Crippen LogP contribution in [0.4, 0.5) is 15.3 Å². The Kier molecular flexibility index (Phi) is 13.4. The molecule has 0 fully saturated rings. The van der Waals surface area contributed by atoms with E-state index >= 15 is 0 Å². The normalized spacial score (nSPS) is 11.6. The van der Waals surface area contributed by atoms with Gasteiger partial charge in [-0.2, -0.15) is 0 Å². The van der Waals surface area contributed by atoms with Crippen LogP contribution in [0.25, 0.3) is 0 Å². The molecule has 0 spiro atoms. The summed E-state index contributed by atoms with van der Waals surface area (Å²) in [5.41, 5.74) is 1.91. The van der Waals surface area contributed by atoms with E-state index in [0.29, 0.717) is 13.2 Å². The summed E-state index contributed by atoms with van der Waals surface area (Å²) in [5.74, 6) is 0.751. The van der Waals surface area contributed by atoms with Crippen molar-refractivity contribution >= 4 is 17.9 Å². The second-order valence-corrected chi connectivity index (χ2v) is 7.49. The standard InChI is InChI=1S/C23H38N2O4/c1-4-20(11-7-5-9-17-28-22(26)24-3)12-8-6-10-18-29-23(27)25-21-15-13-19(2)14-16-21/h13-16,20H,4-12,17-18H2,1-3H3,(H,24,26)(H,25,27). The van der Waals surface area contributed by atoms with Crippen molar-refractivity contribution < 1.29 is 19.1 Å². The molecule has 0 aliphatic heterocycles. The van der Waals surface area contributed by atoms with E-state index in [-0.39, 0.29) is 12.2 Å². The molecule has 1 unspecified atom stereocenters. The number of unbranched alkanes of at least 4 members (excludes halogenated alkanes) is 4. The van der Waals surface area contributed by atoms with Gasteiger partial charge in [0.2, 0.25) is 0 Å². The summed E-state index contributed by atoms with van der Waals surface area (Å²) in [6.45, 7) is 5.21. The van der Waals surface area contributed by atoms with Crippen molar-refractivity contribution in [2.75, 3.05) is 25.6 Å². The number of ether oxygens (including phenoxy) is 2. The third-order valence-electron chi connectivity index (χ3n) is 5.06. The molecule has 0 bridgehead atoms. The molecule has 164 valence electrons.